The van der Waals surface area contributed by atoms with E-state index in [2.05, 4.69) is 11.4 Å². The zero-order chi connectivity index (χ0) is 25.2. The molecule has 0 fully saturated rings. The van der Waals surface area contributed by atoms with Crippen LogP contribution >= 0.6 is 23.2 Å². The first-order valence-corrected chi connectivity index (χ1v) is 12.1. The maximum Gasteiger partial charge on any atom is 0.259 e. The Balaban J connectivity index is 1.40. The van der Waals surface area contributed by atoms with Gasteiger partial charge in [-0.3, -0.25) is 9.59 Å². The minimum absolute atomic E-state index is 0.132. The molecule has 0 spiro atoms. The lowest BCUT2D eigenvalue weighted by molar-refractivity contribution is 0.0984. The van der Waals surface area contributed by atoms with Gasteiger partial charge in [0, 0.05) is 27.0 Å². The number of hydrogen-bond acceptors (Lipinski definition) is 3. The highest BCUT2D eigenvalue weighted by Gasteiger charge is 2.25. The van der Waals surface area contributed by atoms with Crippen LogP contribution in [0.5, 0.6) is 5.75 Å². The number of hydrogen-bond donors (Lipinski definition) is 1. The van der Waals surface area contributed by atoms with E-state index < -0.39 is 0 Å². The lowest BCUT2D eigenvalue weighted by atomic mass is 10.0. The zero-order valence-corrected chi connectivity index (χ0v) is 20.9. The van der Waals surface area contributed by atoms with Crippen LogP contribution in [0.2, 0.25) is 10.0 Å². The van der Waals surface area contributed by atoms with Gasteiger partial charge in [-0.1, -0.05) is 47.5 Å². The smallest absolute Gasteiger partial charge is 0.259 e. The van der Waals surface area contributed by atoms with Gasteiger partial charge in [0.1, 0.15) is 5.75 Å². The predicted octanol–water partition coefficient (Wildman–Crippen LogP) is 7.01. The molecular weight excluding hydrogens is 495 g/mol. The van der Waals surface area contributed by atoms with Crippen molar-refractivity contribution in [2.24, 2.45) is 0 Å². The standard InChI is InChI=1S/C29H22Cl2N2O3/c1-36-27-16-23(31)8-12-25(27)28(34)32-24-10-6-18(7-11-24)29(35)33-17-20-5-3-2-4-19(20)14-21-15-22(30)9-13-26(21)33/h2-13,15-16H,14,17H2,1H3,(H,32,34). The number of nitrogens with zero attached hydrogens (tertiary/aromatic N) is 1. The largest absolute Gasteiger partial charge is 0.496 e. The Morgan fingerprint density at radius 2 is 1.53 bits per heavy atom. The van der Waals surface area contributed by atoms with Crippen molar-refractivity contribution in [2.45, 2.75) is 13.0 Å². The number of carbonyl (C=O) groups excluding carboxylic acids is 2. The van der Waals surface area contributed by atoms with Gasteiger partial charge in [0.25, 0.3) is 11.8 Å². The highest BCUT2D eigenvalue weighted by Crippen LogP contribution is 2.33. The molecule has 5 rings (SSSR count). The Hall–Kier alpha value is -3.80. The molecule has 0 saturated carbocycles. The lowest BCUT2D eigenvalue weighted by Crippen LogP contribution is -2.30. The summed E-state index contributed by atoms with van der Waals surface area (Å²) in [4.78, 5) is 28.2. The third kappa shape index (κ3) is 4.81. The molecule has 1 heterocycles. The van der Waals surface area contributed by atoms with Gasteiger partial charge in [-0.2, -0.15) is 0 Å². The Morgan fingerprint density at radius 3 is 2.28 bits per heavy atom. The van der Waals surface area contributed by atoms with Crippen LogP contribution in [-0.2, 0) is 13.0 Å². The first kappa shape index (κ1) is 23.9. The van der Waals surface area contributed by atoms with Crippen molar-refractivity contribution in [3.63, 3.8) is 0 Å². The Bertz CT molecular complexity index is 1470. The van der Waals surface area contributed by atoms with Gasteiger partial charge >= 0.3 is 0 Å². The molecule has 7 heteroatoms. The van der Waals surface area contributed by atoms with E-state index >= 15 is 0 Å². The number of nitrogens with one attached hydrogen (secondary N) is 1. The van der Waals surface area contributed by atoms with Crippen molar-refractivity contribution < 1.29 is 14.3 Å². The molecule has 0 bridgehead atoms. The Morgan fingerprint density at radius 1 is 0.833 bits per heavy atom. The SMILES string of the molecule is COc1cc(Cl)ccc1C(=O)Nc1ccc(C(=O)N2Cc3ccccc3Cc3cc(Cl)ccc32)cc1. The molecule has 5 nitrogen and oxygen atoms in total. The number of fused-ring (bicyclic) bond motifs is 2. The fourth-order valence-corrected chi connectivity index (χ4v) is 4.74. The zero-order valence-electron chi connectivity index (χ0n) is 19.4. The fraction of sp³-hybridized carbons (Fsp3) is 0.103. The van der Waals surface area contributed by atoms with E-state index in [0.717, 1.165) is 16.8 Å². The highest BCUT2D eigenvalue weighted by molar-refractivity contribution is 6.31. The molecule has 0 unspecified atom stereocenters. The average molecular weight is 517 g/mol. The van der Waals surface area contributed by atoms with Gasteiger partial charge in [-0.25, -0.2) is 0 Å². The minimum Gasteiger partial charge on any atom is -0.496 e. The fourth-order valence-electron chi connectivity index (χ4n) is 4.39. The third-order valence-corrected chi connectivity index (χ3v) is 6.67. The molecule has 1 aliphatic heterocycles. The number of methoxy groups -OCH3 is 1. The molecule has 0 radical (unpaired) electrons. The number of rotatable bonds is 4. The first-order valence-electron chi connectivity index (χ1n) is 11.3. The van der Waals surface area contributed by atoms with E-state index in [0.29, 0.717) is 45.6 Å². The summed E-state index contributed by atoms with van der Waals surface area (Å²) in [5, 5.41) is 3.96. The number of amides is 2. The quantitative estimate of drug-likeness (QED) is 0.317. The van der Waals surface area contributed by atoms with Crippen molar-refractivity contribution in [1.82, 2.24) is 0 Å². The van der Waals surface area contributed by atoms with Crippen molar-refractivity contribution in [3.05, 3.63) is 123 Å². The molecule has 0 aliphatic carbocycles. The number of halogens is 2. The second-order valence-corrected chi connectivity index (χ2v) is 9.36. The van der Waals surface area contributed by atoms with Crippen LogP contribution in [0, 0.1) is 0 Å². The van der Waals surface area contributed by atoms with E-state index in [4.69, 9.17) is 27.9 Å². The van der Waals surface area contributed by atoms with Crippen molar-refractivity contribution in [3.8, 4) is 5.75 Å². The molecular formula is C29H22Cl2N2O3. The molecule has 36 heavy (non-hydrogen) atoms. The number of ether oxygens (including phenoxy) is 1. The van der Waals surface area contributed by atoms with Gasteiger partial charge in [0.15, 0.2) is 0 Å². The van der Waals surface area contributed by atoms with Crippen molar-refractivity contribution in [1.29, 1.82) is 0 Å². The van der Waals surface area contributed by atoms with Crippen LogP contribution < -0.4 is 15.0 Å². The van der Waals surface area contributed by atoms with E-state index in [9.17, 15) is 9.59 Å². The van der Waals surface area contributed by atoms with E-state index in [1.165, 1.54) is 12.7 Å². The molecule has 2 amide bonds. The summed E-state index contributed by atoms with van der Waals surface area (Å²) in [5.41, 5.74) is 5.54. The second-order valence-electron chi connectivity index (χ2n) is 8.49. The summed E-state index contributed by atoms with van der Waals surface area (Å²) < 4.78 is 5.27. The lowest BCUT2D eigenvalue weighted by Gasteiger charge is -2.24. The van der Waals surface area contributed by atoms with Gasteiger partial charge in [-0.15, -0.1) is 0 Å². The normalized spacial score (nSPS) is 12.2. The summed E-state index contributed by atoms with van der Waals surface area (Å²) in [6.45, 7) is 0.457. The monoisotopic (exact) mass is 516 g/mol. The van der Waals surface area contributed by atoms with Crippen LogP contribution in [0.1, 0.15) is 37.4 Å². The third-order valence-electron chi connectivity index (χ3n) is 6.20. The van der Waals surface area contributed by atoms with Crippen molar-refractivity contribution in [2.75, 3.05) is 17.3 Å². The van der Waals surface area contributed by atoms with Crippen LogP contribution in [0.25, 0.3) is 0 Å². The molecule has 180 valence electrons. The van der Waals surface area contributed by atoms with Crippen molar-refractivity contribution >= 4 is 46.4 Å². The van der Waals surface area contributed by atoms with E-state index in [-0.39, 0.29) is 11.8 Å². The topological polar surface area (TPSA) is 58.6 Å². The molecule has 0 saturated heterocycles. The maximum absolute atomic E-state index is 13.7. The van der Waals surface area contributed by atoms with Crippen LogP contribution in [-0.4, -0.2) is 18.9 Å². The van der Waals surface area contributed by atoms with E-state index in [1.54, 1.807) is 53.4 Å². The number of anilines is 2. The first-order chi connectivity index (χ1) is 17.4. The predicted molar refractivity (Wildman–Crippen MR) is 144 cm³/mol. The Kier molecular flexibility index (Phi) is 6.68. The minimum atomic E-state index is -0.336. The summed E-state index contributed by atoms with van der Waals surface area (Å²) in [5.74, 6) is -0.0861. The summed E-state index contributed by atoms with van der Waals surface area (Å²) in [6.07, 6.45) is 0.703. The number of carbonyl (C=O) groups is 2. The average Bonchev–Trinajstić information content (AvgIpc) is 3.04. The van der Waals surface area contributed by atoms with Crippen LogP contribution in [0.4, 0.5) is 11.4 Å². The van der Waals surface area contributed by atoms with Gasteiger partial charge in [0.05, 0.1) is 19.2 Å². The molecule has 1 aliphatic rings. The van der Waals surface area contributed by atoms with Crippen LogP contribution in [0.15, 0.2) is 84.9 Å². The second kappa shape index (κ2) is 10.1. The highest BCUT2D eigenvalue weighted by atomic mass is 35.5. The summed E-state index contributed by atoms with van der Waals surface area (Å²) >= 11 is 12.3. The van der Waals surface area contributed by atoms with E-state index in [1.807, 2.05) is 30.3 Å². The molecule has 4 aromatic rings. The maximum atomic E-state index is 13.7. The molecule has 0 atom stereocenters. The summed E-state index contributed by atoms with van der Waals surface area (Å²) in [6, 6.07) is 25.4. The number of benzene rings is 4. The molecule has 4 aromatic carbocycles. The molecule has 0 aromatic heterocycles. The van der Waals surface area contributed by atoms with Gasteiger partial charge in [-0.05, 0) is 83.8 Å². The Labute approximate surface area is 219 Å². The van der Waals surface area contributed by atoms with Crippen LogP contribution in [0.3, 0.4) is 0 Å². The van der Waals surface area contributed by atoms with Gasteiger partial charge in [0.2, 0.25) is 0 Å². The molecule has 1 N–H and O–H groups in total. The van der Waals surface area contributed by atoms with Gasteiger partial charge < -0.3 is 15.0 Å². The summed E-state index contributed by atoms with van der Waals surface area (Å²) in [7, 11) is 1.48.